The lowest BCUT2D eigenvalue weighted by Crippen LogP contribution is -2.51. The van der Waals surface area contributed by atoms with Gasteiger partial charge in [-0.1, -0.05) is 5.16 Å². The van der Waals surface area contributed by atoms with E-state index in [2.05, 4.69) is 15.5 Å². The Balaban J connectivity index is 1.89. The maximum absolute atomic E-state index is 11.8. The molecule has 17 heavy (non-hydrogen) atoms. The van der Waals surface area contributed by atoms with Crippen molar-refractivity contribution in [3.8, 4) is 0 Å². The van der Waals surface area contributed by atoms with Gasteiger partial charge in [0.2, 0.25) is 12.3 Å². The summed E-state index contributed by atoms with van der Waals surface area (Å²) in [6.07, 6.45) is 6.33. The first-order valence-corrected chi connectivity index (χ1v) is 6.44. The van der Waals surface area contributed by atoms with Gasteiger partial charge in [0.15, 0.2) is 5.82 Å². The van der Waals surface area contributed by atoms with E-state index in [1.54, 1.807) is 0 Å². The predicted octanol–water partition coefficient (Wildman–Crippen LogP) is 1.97. The lowest BCUT2D eigenvalue weighted by Gasteiger charge is -2.39. The van der Waals surface area contributed by atoms with E-state index in [1.165, 1.54) is 6.39 Å². The van der Waals surface area contributed by atoms with Crippen LogP contribution in [0, 0.1) is 0 Å². The first-order valence-electron chi connectivity index (χ1n) is 5.91. The molecule has 1 aliphatic rings. The zero-order chi connectivity index (χ0) is 12.1. The minimum Gasteiger partial charge on any atom is -0.343 e. The van der Waals surface area contributed by atoms with Gasteiger partial charge in [-0.05, 0) is 32.1 Å². The molecular formula is C11H16ClN3O2. The maximum atomic E-state index is 11.8. The fourth-order valence-electron chi connectivity index (χ4n) is 2.03. The second-order valence-electron chi connectivity index (χ2n) is 4.38. The van der Waals surface area contributed by atoms with Crippen molar-refractivity contribution in [2.75, 3.05) is 5.88 Å². The highest BCUT2D eigenvalue weighted by molar-refractivity contribution is 6.17. The van der Waals surface area contributed by atoms with E-state index < -0.39 is 0 Å². The third-order valence-electron chi connectivity index (χ3n) is 3.16. The standard InChI is InChI=1S/C11H16ClN3O2/c12-7-2-1-4-9(16)14-11(5-3-6-11)10-13-8-17-15-10/h8H,1-7H2,(H,14,16). The van der Waals surface area contributed by atoms with Crippen molar-refractivity contribution in [3.05, 3.63) is 12.2 Å². The number of unbranched alkanes of at least 4 members (excludes halogenated alkanes) is 1. The summed E-state index contributed by atoms with van der Waals surface area (Å²) >= 11 is 5.57. The van der Waals surface area contributed by atoms with Gasteiger partial charge in [0, 0.05) is 12.3 Å². The van der Waals surface area contributed by atoms with Gasteiger partial charge in [-0.3, -0.25) is 4.79 Å². The van der Waals surface area contributed by atoms with Crippen molar-refractivity contribution in [3.63, 3.8) is 0 Å². The third kappa shape index (κ3) is 2.77. The molecule has 1 aromatic heterocycles. The summed E-state index contributed by atoms with van der Waals surface area (Å²) in [5.74, 6) is 1.23. The Morgan fingerprint density at radius 3 is 2.88 bits per heavy atom. The summed E-state index contributed by atoms with van der Waals surface area (Å²) in [5.41, 5.74) is -0.384. The lowest BCUT2D eigenvalue weighted by atomic mass is 9.76. The van der Waals surface area contributed by atoms with Gasteiger partial charge in [0.05, 0.1) is 0 Å². The zero-order valence-electron chi connectivity index (χ0n) is 9.62. The molecule has 0 radical (unpaired) electrons. The van der Waals surface area contributed by atoms with Crippen LogP contribution in [0.3, 0.4) is 0 Å². The number of amides is 1. The monoisotopic (exact) mass is 257 g/mol. The highest BCUT2D eigenvalue weighted by atomic mass is 35.5. The van der Waals surface area contributed by atoms with E-state index in [9.17, 15) is 4.79 Å². The second kappa shape index (κ2) is 5.49. The number of halogens is 1. The average Bonchev–Trinajstić information content (AvgIpc) is 2.77. The molecule has 1 aromatic rings. The quantitative estimate of drug-likeness (QED) is 0.625. The summed E-state index contributed by atoms with van der Waals surface area (Å²) in [6, 6.07) is 0. The van der Waals surface area contributed by atoms with Crippen LogP contribution in [-0.4, -0.2) is 21.9 Å². The van der Waals surface area contributed by atoms with Crippen molar-refractivity contribution < 1.29 is 9.32 Å². The predicted molar refractivity (Wildman–Crippen MR) is 62.5 cm³/mol. The molecule has 0 bridgehead atoms. The van der Waals surface area contributed by atoms with E-state index >= 15 is 0 Å². The molecule has 1 N–H and O–H groups in total. The summed E-state index contributed by atoms with van der Waals surface area (Å²) < 4.78 is 4.75. The van der Waals surface area contributed by atoms with Crippen LogP contribution in [0.2, 0.25) is 0 Å². The van der Waals surface area contributed by atoms with Gasteiger partial charge < -0.3 is 9.84 Å². The highest BCUT2D eigenvalue weighted by Crippen LogP contribution is 2.39. The fourth-order valence-corrected chi connectivity index (χ4v) is 2.21. The normalized spacial score (nSPS) is 17.5. The first-order chi connectivity index (χ1) is 8.27. The zero-order valence-corrected chi connectivity index (χ0v) is 10.4. The summed E-state index contributed by atoms with van der Waals surface area (Å²) in [7, 11) is 0. The van der Waals surface area contributed by atoms with E-state index in [0.717, 1.165) is 32.1 Å². The molecule has 0 spiro atoms. The van der Waals surface area contributed by atoms with Gasteiger partial charge in [-0.15, -0.1) is 11.6 Å². The number of hydrogen-bond acceptors (Lipinski definition) is 4. The Kier molecular flexibility index (Phi) is 3.99. The van der Waals surface area contributed by atoms with E-state index in [-0.39, 0.29) is 11.4 Å². The number of hydrogen-bond donors (Lipinski definition) is 1. The maximum Gasteiger partial charge on any atom is 0.220 e. The molecule has 5 nitrogen and oxygen atoms in total. The molecule has 94 valence electrons. The second-order valence-corrected chi connectivity index (χ2v) is 4.76. The molecule has 0 atom stereocenters. The lowest BCUT2D eigenvalue weighted by molar-refractivity contribution is -0.124. The molecule has 1 saturated carbocycles. The summed E-state index contributed by atoms with van der Waals surface area (Å²) in [5, 5.41) is 6.86. The van der Waals surface area contributed by atoms with Gasteiger partial charge in [0.25, 0.3) is 0 Å². The highest BCUT2D eigenvalue weighted by Gasteiger charge is 2.43. The molecule has 1 aliphatic carbocycles. The van der Waals surface area contributed by atoms with Crippen LogP contribution in [0.4, 0.5) is 0 Å². The van der Waals surface area contributed by atoms with Gasteiger partial charge in [0.1, 0.15) is 5.54 Å². The number of nitrogens with zero attached hydrogens (tertiary/aromatic N) is 2. The Bertz CT molecular complexity index is 363. The molecule has 2 rings (SSSR count). The van der Waals surface area contributed by atoms with Crippen molar-refractivity contribution in [2.45, 2.75) is 44.1 Å². The van der Waals surface area contributed by atoms with Crippen LogP contribution in [0.15, 0.2) is 10.9 Å². The number of alkyl halides is 1. The Labute approximate surface area is 105 Å². The Morgan fingerprint density at radius 2 is 2.35 bits per heavy atom. The summed E-state index contributed by atoms with van der Waals surface area (Å²) in [6.45, 7) is 0. The van der Waals surface area contributed by atoms with Crippen LogP contribution in [0.5, 0.6) is 0 Å². The largest absolute Gasteiger partial charge is 0.343 e. The van der Waals surface area contributed by atoms with Gasteiger partial charge in [-0.2, -0.15) is 4.98 Å². The Morgan fingerprint density at radius 1 is 1.53 bits per heavy atom. The van der Waals surface area contributed by atoms with Crippen molar-refractivity contribution in [2.24, 2.45) is 0 Å². The van der Waals surface area contributed by atoms with Gasteiger partial charge in [-0.25, -0.2) is 0 Å². The topological polar surface area (TPSA) is 68.0 Å². The van der Waals surface area contributed by atoms with Crippen molar-refractivity contribution >= 4 is 17.5 Å². The summed E-state index contributed by atoms with van der Waals surface area (Å²) in [4.78, 5) is 15.8. The molecule has 0 aromatic carbocycles. The molecule has 0 saturated heterocycles. The molecule has 0 unspecified atom stereocenters. The SMILES string of the molecule is O=C(CCCCCl)NC1(c2ncon2)CCC1. The number of carbonyl (C=O) groups excluding carboxylic acids is 1. The number of nitrogens with one attached hydrogen (secondary N) is 1. The molecule has 1 fully saturated rings. The van der Waals surface area contributed by atoms with Crippen LogP contribution in [0.25, 0.3) is 0 Å². The van der Waals surface area contributed by atoms with Crippen molar-refractivity contribution in [1.29, 1.82) is 0 Å². The molecule has 1 heterocycles. The van der Waals surface area contributed by atoms with E-state index in [1.807, 2.05) is 0 Å². The van der Waals surface area contributed by atoms with Crippen LogP contribution in [-0.2, 0) is 10.3 Å². The van der Waals surface area contributed by atoms with Gasteiger partial charge >= 0.3 is 0 Å². The molecule has 1 amide bonds. The average molecular weight is 258 g/mol. The first kappa shape index (κ1) is 12.4. The number of rotatable bonds is 6. The Hall–Kier alpha value is -1.10. The minimum atomic E-state index is -0.384. The van der Waals surface area contributed by atoms with E-state index in [4.69, 9.17) is 16.1 Å². The fraction of sp³-hybridized carbons (Fsp3) is 0.727. The van der Waals surface area contributed by atoms with Crippen LogP contribution < -0.4 is 5.32 Å². The third-order valence-corrected chi connectivity index (χ3v) is 3.43. The number of aromatic nitrogens is 2. The van der Waals surface area contributed by atoms with Crippen molar-refractivity contribution in [1.82, 2.24) is 15.5 Å². The molecule has 0 aliphatic heterocycles. The molecular weight excluding hydrogens is 242 g/mol. The van der Waals surface area contributed by atoms with Crippen LogP contribution >= 0.6 is 11.6 Å². The minimum absolute atomic E-state index is 0.0413. The van der Waals surface area contributed by atoms with Crippen LogP contribution in [0.1, 0.15) is 44.3 Å². The smallest absolute Gasteiger partial charge is 0.220 e. The molecule has 6 heteroatoms. The van der Waals surface area contributed by atoms with E-state index in [0.29, 0.717) is 18.1 Å². The number of carbonyl (C=O) groups is 1.